The van der Waals surface area contributed by atoms with Crippen molar-refractivity contribution in [3.63, 3.8) is 0 Å². The van der Waals surface area contributed by atoms with Crippen molar-refractivity contribution in [2.75, 3.05) is 12.5 Å². The summed E-state index contributed by atoms with van der Waals surface area (Å²) in [5, 5.41) is 10.5. The molecule has 2 heterocycles. The predicted molar refractivity (Wildman–Crippen MR) is 157 cm³/mol. The standard InChI is InChI=1S/C32H27N3O5S/c33-32-34-28(29(31(36)37)35-40-18-20-15-16-25-26(17-20)39-19-38-25)30(41-32)24-14-8-7-13-23(24)27(21-9-3-1-4-10-21)22-11-5-2-6-12-22/h1-17,27,29,35H,18-19H2,(H2,33,34)(H,36,37). The lowest BCUT2D eigenvalue weighted by molar-refractivity contribution is -0.145. The van der Waals surface area contributed by atoms with E-state index in [-0.39, 0.29) is 30.1 Å². The van der Waals surface area contributed by atoms with Gasteiger partial charge < -0.3 is 20.3 Å². The number of hydroxylamine groups is 1. The number of carboxylic acids is 1. The number of nitrogens with one attached hydrogen (secondary N) is 1. The average molecular weight is 566 g/mol. The molecule has 9 heteroatoms. The second-order valence-corrected chi connectivity index (χ2v) is 10.5. The smallest absolute Gasteiger partial charge is 0.329 e. The Labute approximate surface area is 240 Å². The van der Waals surface area contributed by atoms with Crippen LogP contribution in [0.15, 0.2) is 103 Å². The molecule has 6 rings (SSSR count). The molecule has 0 saturated heterocycles. The van der Waals surface area contributed by atoms with Crippen molar-refractivity contribution < 1.29 is 24.2 Å². The van der Waals surface area contributed by atoms with E-state index in [1.54, 1.807) is 12.1 Å². The van der Waals surface area contributed by atoms with Gasteiger partial charge in [-0.3, -0.25) is 9.63 Å². The zero-order chi connectivity index (χ0) is 28.2. The number of hydrogen-bond acceptors (Lipinski definition) is 8. The van der Waals surface area contributed by atoms with Crippen LogP contribution in [0, 0.1) is 0 Å². The zero-order valence-corrected chi connectivity index (χ0v) is 22.7. The van der Waals surface area contributed by atoms with Crippen LogP contribution in [0.2, 0.25) is 0 Å². The van der Waals surface area contributed by atoms with E-state index in [1.807, 2.05) is 60.7 Å². The summed E-state index contributed by atoms with van der Waals surface area (Å²) >= 11 is 1.26. The molecule has 0 aliphatic carbocycles. The summed E-state index contributed by atoms with van der Waals surface area (Å²) in [6, 6.07) is 32.6. The topological polar surface area (TPSA) is 116 Å². The average Bonchev–Trinajstić information content (AvgIpc) is 3.63. The molecule has 1 unspecified atom stereocenters. The molecule has 0 amide bonds. The minimum atomic E-state index is -1.26. The number of nitrogens with two attached hydrogens (primary N) is 1. The highest BCUT2D eigenvalue weighted by atomic mass is 32.1. The van der Waals surface area contributed by atoms with Gasteiger partial charge in [0.1, 0.15) is 0 Å². The summed E-state index contributed by atoms with van der Waals surface area (Å²) in [5.41, 5.74) is 14.1. The van der Waals surface area contributed by atoms with Crippen molar-refractivity contribution in [2.24, 2.45) is 0 Å². The molecule has 0 fully saturated rings. The number of fused-ring (bicyclic) bond motifs is 1. The Morgan fingerprint density at radius 2 is 1.59 bits per heavy atom. The molecule has 0 saturated carbocycles. The maximum absolute atomic E-state index is 12.5. The quantitative estimate of drug-likeness (QED) is 0.136. The van der Waals surface area contributed by atoms with Crippen LogP contribution < -0.4 is 20.7 Å². The van der Waals surface area contributed by atoms with E-state index >= 15 is 0 Å². The molecule has 4 aromatic carbocycles. The minimum Gasteiger partial charge on any atom is -0.480 e. The van der Waals surface area contributed by atoms with E-state index in [0.717, 1.165) is 27.8 Å². The Hall–Kier alpha value is -4.70. The zero-order valence-electron chi connectivity index (χ0n) is 21.9. The lowest BCUT2D eigenvalue weighted by Crippen LogP contribution is -2.29. The Morgan fingerprint density at radius 3 is 2.29 bits per heavy atom. The monoisotopic (exact) mass is 565 g/mol. The Balaban J connectivity index is 1.34. The van der Waals surface area contributed by atoms with E-state index in [1.165, 1.54) is 11.3 Å². The molecular formula is C32H27N3O5S. The third-order valence-corrected chi connectivity index (χ3v) is 7.78. The van der Waals surface area contributed by atoms with E-state index in [0.29, 0.717) is 16.4 Å². The Morgan fingerprint density at radius 1 is 0.927 bits per heavy atom. The molecule has 8 nitrogen and oxygen atoms in total. The summed E-state index contributed by atoms with van der Waals surface area (Å²) in [6.45, 7) is 0.278. The fourth-order valence-corrected chi connectivity index (χ4v) is 5.92. The van der Waals surface area contributed by atoms with Crippen molar-refractivity contribution in [2.45, 2.75) is 18.6 Å². The van der Waals surface area contributed by atoms with Gasteiger partial charge in [0.2, 0.25) is 6.79 Å². The summed E-state index contributed by atoms with van der Waals surface area (Å²) in [7, 11) is 0. The van der Waals surface area contributed by atoms with Gasteiger partial charge in [0.25, 0.3) is 0 Å². The van der Waals surface area contributed by atoms with Crippen LogP contribution in [0.3, 0.4) is 0 Å². The lowest BCUT2D eigenvalue weighted by atomic mass is 9.82. The highest BCUT2D eigenvalue weighted by molar-refractivity contribution is 7.19. The van der Waals surface area contributed by atoms with Crippen LogP contribution in [0.4, 0.5) is 5.13 Å². The van der Waals surface area contributed by atoms with Gasteiger partial charge in [-0.2, -0.15) is 5.48 Å². The highest BCUT2D eigenvalue weighted by Gasteiger charge is 2.30. The minimum absolute atomic E-state index is 0.0942. The molecule has 1 atom stereocenters. The van der Waals surface area contributed by atoms with E-state index in [2.05, 4.69) is 40.8 Å². The number of aromatic nitrogens is 1. The molecule has 0 radical (unpaired) electrons. The Kier molecular flexibility index (Phi) is 7.64. The van der Waals surface area contributed by atoms with Crippen molar-refractivity contribution in [3.8, 4) is 21.9 Å². The number of aliphatic carboxylic acids is 1. The normalized spacial score (nSPS) is 12.9. The van der Waals surface area contributed by atoms with Crippen LogP contribution in [-0.2, 0) is 16.2 Å². The second-order valence-electron chi connectivity index (χ2n) is 9.47. The fraction of sp³-hybridized carbons (Fsp3) is 0.125. The van der Waals surface area contributed by atoms with Crippen LogP contribution in [-0.4, -0.2) is 22.9 Å². The lowest BCUT2D eigenvalue weighted by Gasteiger charge is -2.22. The van der Waals surface area contributed by atoms with Crippen LogP contribution in [0.5, 0.6) is 11.5 Å². The first-order chi connectivity index (χ1) is 20.1. The molecule has 4 N–H and O–H groups in total. The number of ether oxygens (including phenoxy) is 2. The third kappa shape index (κ3) is 5.64. The van der Waals surface area contributed by atoms with Gasteiger partial charge in [-0.05, 0) is 39.9 Å². The predicted octanol–water partition coefficient (Wildman–Crippen LogP) is 6.15. The summed E-state index contributed by atoms with van der Waals surface area (Å²) in [5.74, 6) is 0.0554. The molecule has 1 aromatic heterocycles. The number of benzene rings is 4. The first-order valence-electron chi connectivity index (χ1n) is 13.0. The van der Waals surface area contributed by atoms with Gasteiger partial charge in [-0.1, -0.05) is 102 Å². The van der Waals surface area contributed by atoms with Gasteiger partial charge in [0.05, 0.1) is 17.2 Å². The number of carbonyl (C=O) groups is 1. The largest absolute Gasteiger partial charge is 0.480 e. The number of hydrogen-bond donors (Lipinski definition) is 3. The van der Waals surface area contributed by atoms with Crippen molar-refractivity contribution >= 4 is 22.4 Å². The second kappa shape index (κ2) is 11.8. The number of thiazole rings is 1. The van der Waals surface area contributed by atoms with E-state index < -0.39 is 12.0 Å². The molecular weight excluding hydrogens is 538 g/mol. The first kappa shape index (κ1) is 26.5. The maximum Gasteiger partial charge on any atom is 0.329 e. The maximum atomic E-state index is 12.5. The van der Waals surface area contributed by atoms with Crippen LogP contribution in [0.1, 0.15) is 39.9 Å². The molecule has 206 valence electrons. The van der Waals surface area contributed by atoms with E-state index in [9.17, 15) is 9.90 Å². The van der Waals surface area contributed by atoms with Crippen LogP contribution >= 0.6 is 11.3 Å². The number of rotatable bonds is 10. The molecule has 5 aromatic rings. The van der Waals surface area contributed by atoms with E-state index in [4.69, 9.17) is 20.0 Å². The molecule has 1 aliphatic rings. The molecule has 0 bridgehead atoms. The third-order valence-electron chi connectivity index (χ3n) is 6.85. The van der Waals surface area contributed by atoms with Gasteiger partial charge in [-0.15, -0.1) is 0 Å². The fourth-order valence-electron chi connectivity index (χ4n) is 5.00. The number of nitrogens with zero attached hydrogens (tertiary/aromatic N) is 1. The molecule has 41 heavy (non-hydrogen) atoms. The Bertz CT molecular complexity index is 1620. The molecule has 0 spiro atoms. The summed E-state index contributed by atoms with van der Waals surface area (Å²) in [4.78, 5) is 23.3. The van der Waals surface area contributed by atoms with Gasteiger partial charge in [0.15, 0.2) is 22.7 Å². The van der Waals surface area contributed by atoms with Crippen molar-refractivity contribution in [3.05, 3.63) is 131 Å². The first-order valence-corrected chi connectivity index (χ1v) is 13.8. The van der Waals surface area contributed by atoms with Gasteiger partial charge >= 0.3 is 5.97 Å². The van der Waals surface area contributed by atoms with Gasteiger partial charge in [-0.25, -0.2) is 4.98 Å². The van der Waals surface area contributed by atoms with Crippen LogP contribution in [0.25, 0.3) is 10.4 Å². The number of carboxylic acid groups (broad SMARTS) is 1. The highest BCUT2D eigenvalue weighted by Crippen LogP contribution is 2.43. The summed E-state index contributed by atoms with van der Waals surface area (Å²) < 4.78 is 10.8. The van der Waals surface area contributed by atoms with Crippen molar-refractivity contribution in [1.29, 1.82) is 0 Å². The van der Waals surface area contributed by atoms with Gasteiger partial charge in [0, 0.05) is 5.92 Å². The van der Waals surface area contributed by atoms with Crippen molar-refractivity contribution in [1.82, 2.24) is 10.5 Å². The SMILES string of the molecule is Nc1nc(C(NOCc2ccc3c(c2)OCO3)C(=O)O)c(-c2ccccc2C(c2ccccc2)c2ccccc2)s1. The number of anilines is 1. The summed E-state index contributed by atoms with van der Waals surface area (Å²) in [6.07, 6.45) is 0. The number of nitrogen functional groups attached to an aromatic ring is 1. The molecule has 1 aliphatic heterocycles.